The lowest BCUT2D eigenvalue weighted by atomic mass is 9.97. The first-order chi connectivity index (χ1) is 15.2. The maximum absolute atomic E-state index is 9.17. The lowest BCUT2D eigenvalue weighted by molar-refractivity contribution is 0.0169. The Balaban J connectivity index is 1.63. The number of rotatable bonds is 4. The zero-order valence-electron chi connectivity index (χ0n) is 17.4. The highest BCUT2D eigenvalue weighted by Gasteiger charge is 2.18. The Hall–Kier alpha value is -3.53. The molecule has 0 amide bonds. The molecule has 0 aliphatic carbocycles. The molecule has 4 aromatic rings. The fourth-order valence-electron chi connectivity index (χ4n) is 3.96. The fraction of sp³-hybridized carbons (Fsp3) is 0.240. The average molecular weight is 409 g/mol. The van der Waals surface area contributed by atoms with Crippen LogP contribution in [0.25, 0.3) is 33.4 Å². The zero-order valence-corrected chi connectivity index (χ0v) is 17.4. The number of pyridine rings is 1. The molecular weight excluding hydrogens is 386 g/mol. The number of benzene rings is 2. The summed E-state index contributed by atoms with van der Waals surface area (Å²) in [7, 11) is 0. The third-order valence-electron chi connectivity index (χ3n) is 5.66. The number of fused-ring (bicyclic) bond motifs is 1. The molecule has 1 aliphatic heterocycles. The molecule has 2 aromatic carbocycles. The number of nitrogens with one attached hydrogen (secondary N) is 1. The van der Waals surface area contributed by atoms with Gasteiger partial charge in [-0.05, 0) is 30.7 Å². The molecular formula is C25H23N5O. The van der Waals surface area contributed by atoms with Gasteiger partial charge in [0, 0.05) is 24.2 Å². The number of aromatic nitrogens is 3. The average Bonchev–Trinajstić information content (AvgIpc) is 3.21. The standard InChI is InChI=1S/C25H23N5O/c1-17-2-6-20(7-3-17)25-22(19-8-4-18(13-26)5-9-19)12-24-23(29-25)15-28-30(24)16-21-14-27-10-11-31-21/h2-9,12,15,21,27H,10-11,14,16H2,1H3/t21-/m1/s1. The minimum atomic E-state index is 0.0898. The molecule has 2 aromatic heterocycles. The minimum Gasteiger partial charge on any atom is -0.374 e. The molecule has 1 N–H and O–H groups in total. The van der Waals surface area contributed by atoms with Gasteiger partial charge in [0.2, 0.25) is 0 Å². The van der Waals surface area contributed by atoms with E-state index in [0.29, 0.717) is 12.1 Å². The van der Waals surface area contributed by atoms with Gasteiger partial charge in [0.15, 0.2) is 0 Å². The van der Waals surface area contributed by atoms with E-state index in [1.165, 1.54) is 5.56 Å². The van der Waals surface area contributed by atoms with Crippen LogP contribution in [-0.2, 0) is 11.3 Å². The van der Waals surface area contributed by atoms with Crippen molar-refractivity contribution in [1.82, 2.24) is 20.1 Å². The molecule has 3 heterocycles. The monoisotopic (exact) mass is 409 g/mol. The van der Waals surface area contributed by atoms with Gasteiger partial charge in [0.05, 0.1) is 48.3 Å². The summed E-state index contributed by atoms with van der Waals surface area (Å²) in [5.41, 5.74) is 7.69. The topological polar surface area (TPSA) is 75.8 Å². The summed E-state index contributed by atoms with van der Waals surface area (Å²) in [4.78, 5) is 5.00. The first-order valence-corrected chi connectivity index (χ1v) is 10.5. The maximum atomic E-state index is 9.17. The number of hydrogen-bond acceptors (Lipinski definition) is 5. The number of hydrogen-bond donors (Lipinski definition) is 1. The minimum absolute atomic E-state index is 0.0898. The van der Waals surface area contributed by atoms with Gasteiger partial charge in [-0.2, -0.15) is 10.4 Å². The van der Waals surface area contributed by atoms with Crippen molar-refractivity contribution in [2.24, 2.45) is 0 Å². The first kappa shape index (κ1) is 19.4. The fourth-order valence-corrected chi connectivity index (χ4v) is 3.96. The lowest BCUT2D eigenvalue weighted by Crippen LogP contribution is -2.40. The Bertz CT molecular complexity index is 1250. The van der Waals surface area contributed by atoms with Crippen LogP contribution in [0, 0.1) is 18.3 Å². The van der Waals surface area contributed by atoms with E-state index in [0.717, 1.165) is 53.1 Å². The molecule has 31 heavy (non-hydrogen) atoms. The molecule has 1 atom stereocenters. The summed E-state index contributed by atoms with van der Waals surface area (Å²) in [6.07, 6.45) is 1.92. The van der Waals surface area contributed by atoms with E-state index in [9.17, 15) is 5.26 Å². The van der Waals surface area contributed by atoms with Crippen LogP contribution in [0.5, 0.6) is 0 Å². The molecule has 1 saturated heterocycles. The van der Waals surface area contributed by atoms with Gasteiger partial charge in [0.25, 0.3) is 0 Å². The van der Waals surface area contributed by atoms with Gasteiger partial charge in [-0.3, -0.25) is 4.68 Å². The van der Waals surface area contributed by atoms with Crippen molar-refractivity contribution in [1.29, 1.82) is 5.26 Å². The third kappa shape index (κ3) is 3.93. The Morgan fingerprint density at radius 1 is 1.13 bits per heavy atom. The van der Waals surface area contributed by atoms with Crippen LogP contribution in [-0.4, -0.2) is 40.6 Å². The Morgan fingerprint density at radius 2 is 1.90 bits per heavy atom. The van der Waals surface area contributed by atoms with Crippen LogP contribution in [0.15, 0.2) is 60.8 Å². The summed E-state index contributed by atoms with van der Waals surface area (Å²) in [6, 6.07) is 20.4. The van der Waals surface area contributed by atoms with E-state index in [2.05, 4.69) is 53.7 Å². The van der Waals surface area contributed by atoms with Crippen molar-refractivity contribution in [3.63, 3.8) is 0 Å². The van der Waals surface area contributed by atoms with Gasteiger partial charge in [0.1, 0.15) is 5.52 Å². The van der Waals surface area contributed by atoms with E-state index in [1.54, 1.807) is 0 Å². The van der Waals surface area contributed by atoms with Crippen molar-refractivity contribution in [3.8, 4) is 28.5 Å². The summed E-state index contributed by atoms with van der Waals surface area (Å²) in [5, 5.41) is 17.1. The number of nitrogens with zero attached hydrogens (tertiary/aromatic N) is 4. The van der Waals surface area contributed by atoms with Crippen LogP contribution in [0.4, 0.5) is 0 Å². The molecule has 1 aliphatic rings. The summed E-state index contributed by atoms with van der Waals surface area (Å²) in [6.45, 7) is 5.18. The second-order valence-corrected chi connectivity index (χ2v) is 7.87. The number of morpholine rings is 1. The van der Waals surface area contributed by atoms with Crippen molar-refractivity contribution < 1.29 is 4.74 Å². The number of nitriles is 1. The molecule has 6 heteroatoms. The third-order valence-corrected chi connectivity index (χ3v) is 5.66. The van der Waals surface area contributed by atoms with E-state index >= 15 is 0 Å². The van der Waals surface area contributed by atoms with Crippen LogP contribution in [0.2, 0.25) is 0 Å². The summed E-state index contributed by atoms with van der Waals surface area (Å²) in [5.74, 6) is 0. The van der Waals surface area contributed by atoms with Crippen molar-refractivity contribution in [2.45, 2.75) is 19.6 Å². The highest BCUT2D eigenvalue weighted by molar-refractivity contribution is 5.90. The molecule has 5 rings (SSSR count). The van der Waals surface area contributed by atoms with Crippen LogP contribution < -0.4 is 5.32 Å². The van der Waals surface area contributed by atoms with E-state index in [1.807, 2.05) is 35.1 Å². The second kappa shape index (κ2) is 8.31. The molecule has 1 fully saturated rings. The molecule has 6 nitrogen and oxygen atoms in total. The van der Waals surface area contributed by atoms with Gasteiger partial charge >= 0.3 is 0 Å². The largest absolute Gasteiger partial charge is 0.374 e. The summed E-state index contributed by atoms with van der Waals surface area (Å²) >= 11 is 0. The quantitative estimate of drug-likeness (QED) is 0.553. The first-order valence-electron chi connectivity index (χ1n) is 10.5. The van der Waals surface area contributed by atoms with Crippen molar-refractivity contribution in [3.05, 3.63) is 71.9 Å². The van der Waals surface area contributed by atoms with E-state index < -0.39 is 0 Å². The molecule has 154 valence electrons. The predicted octanol–water partition coefficient (Wildman–Crippen LogP) is 3.93. The zero-order chi connectivity index (χ0) is 21.2. The predicted molar refractivity (Wildman–Crippen MR) is 120 cm³/mol. The van der Waals surface area contributed by atoms with E-state index in [4.69, 9.17) is 9.72 Å². The van der Waals surface area contributed by atoms with Crippen molar-refractivity contribution >= 4 is 11.0 Å². The highest BCUT2D eigenvalue weighted by atomic mass is 16.5. The molecule has 0 radical (unpaired) electrons. The van der Waals surface area contributed by atoms with Crippen LogP contribution in [0.3, 0.4) is 0 Å². The van der Waals surface area contributed by atoms with Gasteiger partial charge in [-0.1, -0.05) is 42.0 Å². The van der Waals surface area contributed by atoms with Crippen molar-refractivity contribution in [2.75, 3.05) is 19.7 Å². The normalized spacial score (nSPS) is 16.3. The highest BCUT2D eigenvalue weighted by Crippen LogP contribution is 2.34. The molecule has 0 spiro atoms. The SMILES string of the molecule is Cc1ccc(-c2nc3cnn(C[C@H]4CNCCO4)c3cc2-c2ccc(C#N)cc2)cc1. The Morgan fingerprint density at radius 3 is 2.61 bits per heavy atom. The van der Waals surface area contributed by atoms with Gasteiger partial charge < -0.3 is 10.1 Å². The van der Waals surface area contributed by atoms with E-state index in [-0.39, 0.29) is 6.10 Å². The van der Waals surface area contributed by atoms with Gasteiger partial charge in [-0.25, -0.2) is 4.98 Å². The number of aryl methyl sites for hydroxylation is 1. The Kier molecular flexibility index (Phi) is 5.21. The molecule has 0 unspecified atom stereocenters. The van der Waals surface area contributed by atoms with Crippen LogP contribution in [0.1, 0.15) is 11.1 Å². The maximum Gasteiger partial charge on any atom is 0.109 e. The number of ether oxygens (including phenoxy) is 1. The Labute approximate surface area is 181 Å². The lowest BCUT2D eigenvalue weighted by Gasteiger charge is -2.23. The molecule has 0 bridgehead atoms. The summed E-state index contributed by atoms with van der Waals surface area (Å²) < 4.78 is 7.85. The second-order valence-electron chi connectivity index (χ2n) is 7.87. The smallest absolute Gasteiger partial charge is 0.109 e. The van der Waals surface area contributed by atoms with Gasteiger partial charge in [-0.15, -0.1) is 0 Å². The molecule has 0 saturated carbocycles. The van der Waals surface area contributed by atoms with Crippen LogP contribution >= 0.6 is 0 Å².